The second-order valence-corrected chi connectivity index (χ2v) is 9.00. The van der Waals surface area contributed by atoms with Gasteiger partial charge >= 0.3 is 6.18 Å². The summed E-state index contributed by atoms with van der Waals surface area (Å²) in [5.41, 5.74) is -0.375. The second kappa shape index (κ2) is 9.84. The number of hydrogen-bond acceptors (Lipinski definition) is 5. The van der Waals surface area contributed by atoms with E-state index >= 15 is 0 Å². The third-order valence-corrected chi connectivity index (χ3v) is 6.21. The summed E-state index contributed by atoms with van der Waals surface area (Å²) >= 11 is 18.1. The van der Waals surface area contributed by atoms with E-state index in [1.54, 1.807) is 12.1 Å². The number of nitrogens with one attached hydrogen (secondary N) is 1. The molecule has 12 heteroatoms. The van der Waals surface area contributed by atoms with Crippen LogP contribution in [-0.4, -0.2) is 19.2 Å². The van der Waals surface area contributed by atoms with Crippen molar-refractivity contribution in [3.63, 3.8) is 0 Å². The Labute approximate surface area is 218 Å². The Morgan fingerprint density at radius 3 is 2.25 bits per heavy atom. The van der Waals surface area contributed by atoms with Crippen LogP contribution in [0.4, 0.5) is 18.9 Å². The number of amides is 1. The standard InChI is InChI=1S/C24H17Cl3F3N3O3/c1-35-18-5-2-13(3-6-18)22(34)33(31)21-8-14(4-7-19(21)27)20-12-23(36-32-20,24(28,29)30)15-9-16(25)11-17(26)10-15/h2-12,32H,31H2,1H3. The lowest BCUT2D eigenvalue weighted by Gasteiger charge is -2.28. The molecule has 3 aromatic rings. The summed E-state index contributed by atoms with van der Waals surface area (Å²) in [6.45, 7) is 0. The smallest absolute Gasteiger partial charge is 0.428 e. The molecule has 1 aliphatic heterocycles. The van der Waals surface area contributed by atoms with Gasteiger partial charge in [0.1, 0.15) is 5.75 Å². The van der Waals surface area contributed by atoms with Crippen LogP contribution in [0.1, 0.15) is 21.5 Å². The quantitative estimate of drug-likeness (QED) is 0.212. The van der Waals surface area contributed by atoms with Gasteiger partial charge in [-0.2, -0.15) is 13.2 Å². The van der Waals surface area contributed by atoms with E-state index in [-0.39, 0.29) is 43.1 Å². The zero-order chi connectivity index (χ0) is 26.3. The molecule has 3 aromatic carbocycles. The van der Waals surface area contributed by atoms with Gasteiger partial charge in [0.05, 0.1) is 23.5 Å². The summed E-state index contributed by atoms with van der Waals surface area (Å²) in [6.07, 6.45) is -4.02. The molecule has 36 heavy (non-hydrogen) atoms. The summed E-state index contributed by atoms with van der Waals surface area (Å²) < 4.78 is 47.9. The molecule has 1 heterocycles. The first-order chi connectivity index (χ1) is 16.9. The molecule has 1 atom stereocenters. The van der Waals surface area contributed by atoms with Crippen LogP contribution in [0.5, 0.6) is 5.75 Å². The minimum Gasteiger partial charge on any atom is -0.497 e. The predicted octanol–water partition coefficient (Wildman–Crippen LogP) is 6.51. The molecule has 0 saturated heterocycles. The number of rotatable bonds is 5. The highest BCUT2D eigenvalue weighted by atomic mass is 35.5. The van der Waals surface area contributed by atoms with Gasteiger partial charge in [-0.25, -0.2) is 10.9 Å². The molecule has 0 radical (unpaired) electrons. The van der Waals surface area contributed by atoms with Gasteiger partial charge in [0.2, 0.25) is 5.60 Å². The molecule has 3 N–H and O–H groups in total. The number of ether oxygens (including phenoxy) is 1. The Morgan fingerprint density at radius 2 is 1.67 bits per heavy atom. The lowest BCUT2D eigenvalue weighted by atomic mass is 9.91. The number of carbonyl (C=O) groups is 1. The molecule has 188 valence electrons. The molecule has 0 fully saturated rings. The van der Waals surface area contributed by atoms with Crippen LogP contribution in [0.2, 0.25) is 15.1 Å². The van der Waals surface area contributed by atoms with E-state index in [1.807, 2.05) is 0 Å². The van der Waals surface area contributed by atoms with Crippen molar-refractivity contribution in [1.29, 1.82) is 0 Å². The summed E-state index contributed by atoms with van der Waals surface area (Å²) in [7, 11) is 1.49. The number of benzene rings is 3. The first-order valence-corrected chi connectivity index (χ1v) is 11.3. The largest absolute Gasteiger partial charge is 0.497 e. The molecule has 1 aliphatic rings. The van der Waals surface area contributed by atoms with E-state index in [9.17, 15) is 18.0 Å². The number of nitrogens with two attached hydrogens (primary N) is 1. The fourth-order valence-corrected chi connectivity index (χ4v) is 4.34. The van der Waals surface area contributed by atoms with Crippen molar-refractivity contribution in [2.45, 2.75) is 11.8 Å². The average molecular weight is 559 g/mol. The normalized spacial score (nSPS) is 17.4. The number of hydrogen-bond donors (Lipinski definition) is 2. The van der Waals surface area contributed by atoms with Gasteiger partial charge in [-0.1, -0.05) is 40.9 Å². The molecule has 0 aliphatic carbocycles. The maximum Gasteiger partial charge on any atom is 0.428 e. The molecule has 1 unspecified atom stereocenters. The van der Waals surface area contributed by atoms with Gasteiger partial charge in [-0.3, -0.25) is 15.1 Å². The fraction of sp³-hybridized carbons (Fsp3) is 0.125. The summed E-state index contributed by atoms with van der Waals surface area (Å²) in [6, 6.07) is 14.0. The highest BCUT2D eigenvalue weighted by Gasteiger charge is 2.59. The van der Waals surface area contributed by atoms with Crippen molar-refractivity contribution < 1.29 is 27.5 Å². The topological polar surface area (TPSA) is 76.8 Å². The summed E-state index contributed by atoms with van der Waals surface area (Å²) in [5.74, 6) is 5.99. The molecular weight excluding hydrogens is 542 g/mol. The number of methoxy groups -OCH3 is 1. The highest BCUT2D eigenvalue weighted by molar-refractivity contribution is 6.35. The Balaban J connectivity index is 1.72. The maximum absolute atomic E-state index is 14.3. The van der Waals surface area contributed by atoms with Crippen LogP contribution in [-0.2, 0) is 10.4 Å². The highest BCUT2D eigenvalue weighted by Crippen LogP contribution is 2.48. The van der Waals surface area contributed by atoms with Gasteiger partial charge in [0.15, 0.2) is 0 Å². The van der Waals surface area contributed by atoms with Gasteiger partial charge < -0.3 is 4.74 Å². The van der Waals surface area contributed by atoms with E-state index in [2.05, 4.69) is 5.48 Å². The third kappa shape index (κ3) is 4.85. The fourth-order valence-electron chi connectivity index (χ4n) is 3.60. The number of carbonyl (C=O) groups excluding carboxylic acids is 1. The van der Waals surface area contributed by atoms with Crippen LogP contribution in [0.15, 0.2) is 66.7 Å². The second-order valence-electron chi connectivity index (χ2n) is 7.72. The van der Waals surface area contributed by atoms with E-state index < -0.39 is 17.7 Å². The number of hydroxylamine groups is 1. The first kappa shape index (κ1) is 26.1. The Hall–Kier alpha value is -2.95. The number of halogens is 6. The van der Waals surface area contributed by atoms with Gasteiger partial charge in [0.25, 0.3) is 5.91 Å². The monoisotopic (exact) mass is 557 g/mol. The minimum absolute atomic E-state index is 0.0103. The van der Waals surface area contributed by atoms with Crippen molar-refractivity contribution in [3.05, 3.63) is 98.5 Å². The minimum atomic E-state index is -4.88. The molecule has 6 nitrogen and oxygen atoms in total. The maximum atomic E-state index is 14.3. The zero-order valence-corrected chi connectivity index (χ0v) is 20.6. The molecule has 4 rings (SSSR count). The number of hydrazine groups is 1. The Bertz CT molecular complexity index is 1330. The van der Waals surface area contributed by atoms with E-state index in [1.165, 1.54) is 43.5 Å². The van der Waals surface area contributed by atoms with Crippen molar-refractivity contribution >= 4 is 52.1 Å². The van der Waals surface area contributed by atoms with Gasteiger partial charge in [-0.15, -0.1) is 0 Å². The average Bonchev–Trinajstić information content (AvgIpc) is 3.30. The van der Waals surface area contributed by atoms with Gasteiger partial charge in [0, 0.05) is 26.7 Å². The van der Waals surface area contributed by atoms with Crippen LogP contribution in [0.25, 0.3) is 5.70 Å². The van der Waals surface area contributed by atoms with Crippen LogP contribution in [0.3, 0.4) is 0 Å². The zero-order valence-electron chi connectivity index (χ0n) is 18.4. The van der Waals surface area contributed by atoms with Crippen LogP contribution < -0.4 is 21.1 Å². The number of anilines is 1. The van der Waals surface area contributed by atoms with Crippen molar-refractivity contribution in [2.75, 3.05) is 12.1 Å². The Kier molecular flexibility index (Phi) is 7.14. The number of nitrogens with zero attached hydrogens (tertiary/aromatic N) is 1. The van der Waals surface area contributed by atoms with E-state index in [0.29, 0.717) is 5.75 Å². The lowest BCUT2D eigenvalue weighted by Crippen LogP contribution is -2.42. The van der Waals surface area contributed by atoms with Crippen LogP contribution in [0, 0.1) is 0 Å². The SMILES string of the molecule is COc1ccc(C(=O)N(N)c2cc(C3=CC(c4cc(Cl)cc(Cl)c4)(C(F)(F)F)ON3)ccc2Cl)cc1. The van der Waals surface area contributed by atoms with Gasteiger partial charge in [-0.05, 0) is 60.7 Å². The van der Waals surface area contributed by atoms with Crippen molar-refractivity contribution in [3.8, 4) is 5.75 Å². The molecule has 1 amide bonds. The molecular formula is C24H17Cl3F3N3O3. The van der Waals surface area contributed by atoms with E-state index in [0.717, 1.165) is 23.2 Å². The Morgan fingerprint density at radius 1 is 1.03 bits per heavy atom. The van der Waals surface area contributed by atoms with E-state index in [4.69, 9.17) is 50.2 Å². The lowest BCUT2D eigenvalue weighted by molar-refractivity contribution is -0.269. The molecule has 0 aromatic heterocycles. The first-order valence-electron chi connectivity index (χ1n) is 10.2. The molecule has 0 saturated carbocycles. The summed E-state index contributed by atoms with van der Waals surface area (Å²) in [5, 5.41) is 0.927. The van der Waals surface area contributed by atoms with Crippen molar-refractivity contribution in [2.24, 2.45) is 5.84 Å². The molecule has 0 spiro atoms. The van der Waals surface area contributed by atoms with Crippen LogP contribution >= 0.6 is 34.8 Å². The number of alkyl halides is 3. The third-order valence-electron chi connectivity index (χ3n) is 5.45. The molecule has 0 bridgehead atoms. The summed E-state index contributed by atoms with van der Waals surface area (Å²) in [4.78, 5) is 18.0. The predicted molar refractivity (Wildman–Crippen MR) is 132 cm³/mol. The van der Waals surface area contributed by atoms with Crippen molar-refractivity contribution in [1.82, 2.24) is 5.48 Å².